The van der Waals surface area contributed by atoms with Crippen molar-refractivity contribution in [2.75, 3.05) is 13.2 Å². The first-order valence-corrected chi connectivity index (χ1v) is 7.34. The number of ether oxygens (including phenoxy) is 2. The molecule has 3 rings (SSSR count). The van der Waals surface area contributed by atoms with Gasteiger partial charge in [0.05, 0.1) is 5.41 Å². The molecule has 1 fully saturated rings. The second-order valence-corrected chi connectivity index (χ2v) is 5.56. The topological polar surface area (TPSA) is 55.8 Å². The predicted molar refractivity (Wildman–Crippen MR) is 74.6 cm³/mol. The van der Waals surface area contributed by atoms with Crippen LogP contribution in [0.3, 0.4) is 0 Å². The lowest BCUT2D eigenvalue weighted by Gasteiger charge is -2.30. The molecule has 1 aromatic carbocycles. The molecule has 4 nitrogen and oxygen atoms in total. The van der Waals surface area contributed by atoms with E-state index >= 15 is 0 Å². The Morgan fingerprint density at radius 1 is 1.25 bits per heavy atom. The monoisotopic (exact) mass is 276 g/mol. The molecule has 0 saturated heterocycles. The van der Waals surface area contributed by atoms with E-state index in [0.29, 0.717) is 13.2 Å². The van der Waals surface area contributed by atoms with Crippen molar-refractivity contribution >= 4 is 5.97 Å². The summed E-state index contributed by atoms with van der Waals surface area (Å²) in [6, 6.07) is 3.80. The van der Waals surface area contributed by atoms with Crippen molar-refractivity contribution in [2.24, 2.45) is 0 Å². The summed E-state index contributed by atoms with van der Waals surface area (Å²) in [6.45, 7) is 3.13. The first-order valence-electron chi connectivity index (χ1n) is 7.34. The highest BCUT2D eigenvalue weighted by molar-refractivity contribution is 5.83. The zero-order chi connectivity index (χ0) is 14.2. The van der Waals surface area contributed by atoms with Crippen molar-refractivity contribution in [2.45, 2.75) is 44.4 Å². The molecule has 1 aliphatic heterocycles. The summed E-state index contributed by atoms with van der Waals surface area (Å²) in [5.74, 6) is 0.792. The van der Waals surface area contributed by atoms with Gasteiger partial charge in [-0.3, -0.25) is 4.79 Å². The molecule has 1 aromatic rings. The fraction of sp³-hybridized carbons (Fsp3) is 0.562. The number of aliphatic carboxylic acids is 1. The highest BCUT2D eigenvalue weighted by Crippen LogP contribution is 2.47. The number of carbonyl (C=O) groups is 1. The predicted octanol–water partition coefficient (Wildman–Crippen LogP) is 2.92. The van der Waals surface area contributed by atoms with Gasteiger partial charge in [0.1, 0.15) is 13.2 Å². The molecule has 0 spiro atoms. The third kappa shape index (κ3) is 1.86. The Morgan fingerprint density at radius 3 is 2.60 bits per heavy atom. The standard InChI is InChI=1S/C16H20O4/c1-2-11-12(16(15(17)18)7-3-4-8-16)5-6-13-14(11)20-10-9-19-13/h5-6H,2-4,7-10H2,1H3,(H,17,18). The third-order valence-electron chi connectivity index (χ3n) is 4.55. The van der Waals surface area contributed by atoms with E-state index < -0.39 is 11.4 Å². The number of carboxylic acids is 1. The minimum Gasteiger partial charge on any atom is -0.486 e. The maximum absolute atomic E-state index is 11.9. The highest BCUT2D eigenvalue weighted by Gasteiger charge is 2.45. The van der Waals surface area contributed by atoms with Gasteiger partial charge in [0.2, 0.25) is 0 Å². The number of benzene rings is 1. The van der Waals surface area contributed by atoms with Gasteiger partial charge in [-0.05, 0) is 30.9 Å². The number of hydrogen-bond acceptors (Lipinski definition) is 3. The summed E-state index contributed by atoms with van der Waals surface area (Å²) in [4.78, 5) is 11.9. The van der Waals surface area contributed by atoms with Crippen molar-refractivity contribution in [1.82, 2.24) is 0 Å². The lowest BCUT2D eigenvalue weighted by Crippen LogP contribution is -2.34. The van der Waals surface area contributed by atoms with E-state index in [-0.39, 0.29) is 0 Å². The molecule has 0 bridgehead atoms. The van der Waals surface area contributed by atoms with Crippen molar-refractivity contribution in [3.8, 4) is 11.5 Å². The first kappa shape index (κ1) is 13.3. The molecule has 108 valence electrons. The van der Waals surface area contributed by atoms with Gasteiger partial charge in [-0.2, -0.15) is 0 Å². The smallest absolute Gasteiger partial charge is 0.314 e. The molecule has 1 heterocycles. The van der Waals surface area contributed by atoms with Crippen molar-refractivity contribution in [1.29, 1.82) is 0 Å². The van der Waals surface area contributed by atoms with Crippen LogP contribution < -0.4 is 9.47 Å². The Hall–Kier alpha value is -1.71. The SMILES string of the molecule is CCc1c(C2(C(=O)O)CCCC2)ccc2c1OCCO2. The number of hydrogen-bond donors (Lipinski definition) is 1. The lowest BCUT2D eigenvalue weighted by atomic mass is 9.76. The van der Waals surface area contributed by atoms with Gasteiger partial charge in [0.15, 0.2) is 11.5 Å². The number of carboxylic acid groups (broad SMARTS) is 1. The third-order valence-corrected chi connectivity index (χ3v) is 4.55. The zero-order valence-corrected chi connectivity index (χ0v) is 11.8. The summed E-state index contributed by atoms with van der Waals surface area (Å²) in [6.07, 6.45) is 4.15. The van der Waals surface area contributed by atoms with Crippen LogP contribution in [0.5, 0.6) is 11.5 Å². The van der Waals surface area contributed by atoms with E-state index in [9.17, 15) is 9.90 Å². The molecule has 0 atom stereocenters. The van der Waals surface area contributed by atoms with Crippen molar-refractivity contribution < 1.29 is 19.4 Å². The average molecular weight is 276 g/mol. The van der Waals surface area contributed by atoms with Crippen LogP contribution in [0.1, 0.15) is 43.7 Å². The van der Waals surface area contributed by atoms with Crippen LogP contribution >= 0.6 is 0 Å². The van der Waals surface area contributed by atoms with Crippen LogP contribution in [0.2, 0.25) is 0 Å². The molecule has 0 amide bonds. The maximum Gasteiger partial charge on any atom is 0.314 e. The van der Waals surface area contributed by atoms with Crippen LogP contribution in [0.15, 0.2) is 12.1 Å². The molecule has 0 radical (unpaired) electrons. The Kier molecular flexibility index (Phi) is 3.32. The van der Waals surface area contributed by atoms with E-state index in [4.69, 9.17) is 9.47 Å². The minimum absolute atomic E-state index is 0.531. The van der Waals surface area contributed by atoms with Gasteiger partial charge in [0, 0.05) is 5.56 Å². The highest BCUT2D eigenvalue weighted by atomic mass is 16.6. The van der Waals surface area contributed by atoms with E-state index in [1.807, 2.05) is 19.1 Å². The van der Waals surface area contributed by atoms with Crippen LogP contribution in [-0.4, -0.2) is 24.3 Å². The summed E-state index contributed by atoms with van der Waals surface area (Å²) in [5, 5.41) is 9.77. The molecule has 0 aromatic heterocycles. The zero-order valence-electron chi connectivity index (χ0n) is 11.8. The number of rotatable bonds is 3. The lowest BCUT2D eigenvalue weighted by molar-refractivity contribution is -0.143. The van der Waals surface area contributed by atoms with Crippen LogP contribution in [0.4, 0.5) is 0 Å². The molecule has 1 aliphatic carbocycles. The molecular weight excluding hydrogens is 256 g/mol. The Morgan fingerprint density at radius 2 is 1.95 bits per heavy atom. The average Bonchev–Trinajstić information content (AvgIpc) is 2.96. The molecule has 20 heavy (non-hydrogen) atoms. The van der Waals surface area contributed by atoms with Crippen LogP contribution in [0, 0.1) is 0 Å². The van der Waals surface area contributed by atoms with Crippen LogP contribution in [0.25, 0.3) is 0 Å². The van der Waals surface area contributed by atoms with Gasteiger partial charge in [0.25, 0.3) is 0 Å². The van der Waals surface area contributed by atoms with E-state index in [1.165, 1.54) is 0 Å². The molecule has 1 N–H and O–H groups in total. The maximum atomic E-state index is 11.9. The second kappa shape index (κ2) is 5.00. The van der Waals surface area contributed by atoms with Crippen molar-refractivity contribution in [3.63, 3.8) is 0 Å². The fourth-order valence-electron chi connectivity index (χ4n) is 3.55. The van der Waals surface area contributed by atoms with Gasteiger partial charge in [-0.25, -0.2) is 0 Å². The fourth-order valence-corrected chi connectivity index (χ4v) is 3.55. The Balaban J connectivity index is 2.15. The molecule has 0 unspecified atom stereocenters. The molecule has 2 aliphatic rings. The van der Waals surface area contributed by atoms with Gasteiger partial charge >= 0.3 is 5.97 Å². The minimum atomic E-state index is -0.735. The summed E-state index contributed by atoms with van der Waals surface area (Å²) in [7, 11) is 0. The molecule has 4 heteroatoms. The number of fused-ring (bicyclic) bond motifs is 1. The molecule has 1 saturated carbocycles. The quantitative estimate of drug-likeness (QED) is 0.922. The van der Waals surface area contributed by atoms with E-state index in [0.717, 1.165) is 54.7 Å². The first-order chi connectivity index (χ1) is 9.69. The van der Waals surface area contributed by atoms with Crippen LogP contribution in [-0.2, 0) is 16.6 Å². The van der Waals surface area contributed by atoms with Gasteiger partial charge in [-0.15, -0.1) is 0 Å². The second-order valence-electron chi connectivity index (χ2n) is 5.56. The Bertz CT molecular complexity index is 530. The summed E-state index contributed by atoms with van der Waals surface area (Å²) in [5.41, 5.74) is 1.20. The molecular formula is C16H20O4. The normalized spacial score (nSPS) is 19.9. The van der Waals surface area contributed by atoms with Gasteiger partial charge < -0.3 is 14.6 Å². The summed E-state index contributed by atoms with van der Waals surface area (Å²) < 4.78 is 11.4. The van der Waals surface area contributed by atoms with E-state index in [1.54, 1.807) is 0 Å². The van der Waals surface area contributed by atoms with Gasteiger partial charge in [-0.1, -0.05) is 25.8 Å². The summed E-state index contributed by atoms with van der Waals surface area (Å²) >= 11 is 0. The van der Waals surface area contributed by atoms with E-state index in [2.05, 4.69) is 0 Å². The largest absolute Gasteiger partial charge is 0.486 e. The Labute approximate surface area is 118 Å². The van der Waals surface area contributed by atoms with Crippen molar-refractivity contribution in [3.05, 3.63) is 23.3 Å².